The molecule has 2 N–H and O–H groups in total. The maximum absolute atomic E-state index is 5.58. The monoisotopic (exact) mass is 258 g/mol. The average molecular weight is 258 g/mol. The van der Waals surface area contributed by atoms with Crippen LogP contribution in [0.3, 0.4) is 0 Å². The maximum atomic E-state index is 5.58. The first kappa shape index (κ1) is 13.3. The van der Waals surface area contributed by atoms with Crippen molar-refractivity contribution in [3.8, 4) is 5.75 Å². The van der Waals surface area contributed by atoms with Crippen molar-refractivity contribution < 1.29 is 4.74 Å². The van der Waals surface area contributed by atoms with Crippen molar-refractivity contribution in [2.24, 2.45) is 5.73 Å². The Morgan fingerprint density at radius 1 is 1.21 bits per heavy atom. The van der Waals surface area contributed by atoms with Crippen LogP contribution in [-0.4, -0.2) is 24.1 Å². The van der Waals surface area contributed by atoms with Gasteiger partial charge in [0.05, 0.1) is 12.8 Å². The predicted octanol–water partition coefficient (Wildman–Crippen LogP) is 1.58. The lowest BCUT2D eigenvalue weighted by atomic mass is 10.2. The predicted molar refractivity (Wildman–Crippen MR) is 75.0 cm³/mol. The van der Waals surface area contributed by atoms with Crippen LogP contribution < -0.4 is 15.4 Å². The molecule has 0 fully saturated rings. The van der Waals surface area contributed by atoms with Crippen LogP contribution in [-0.2, 0) is 13.1 Å². The topological polar surface area (TPSA) is 64.3 Å². The number of hydrogen-bond acceptors (Lipinski definition) is 5. The van der Waals surface area contributed by atoms with E-state index in [0.717, 1.165) is 18.0 Å². The van der Waals surface area contributed by atoms with Crippen LogP contribution in [0, 0.1) is 0 Å². The van der Waals surface area contributed by atoms with E-state index in [4.69, 9.17) is 10.5 Å². The molecule has 0 saturated carbocycles. The molecule has 100 valence electrons. The Balaban J connectivity index is 2.08. The summed E-state index contributed by atoms with van der Waals surface area (Å²) in [6.07, 6.45) is 1.73. The lowest BCUT2D eigenvalue weighted by Gasteiger charge is -2.17. The van der Waals surface area contributed by atoms with E-state index >= 15 is 0 Å². The summed E-state index contributed by atoms with van der Waals surface area (Å²) >= 11 is 0. The summed E-state index contributed by atoms with van der Waals surface area (Å²) in [4.78, 5) is 10.6. The molecule has 1 aromatic carbocycles. The number of aromatic nitrogens is 2. The quantitative estimate of drug-likeness (QED) is 0.882. The van der Waals surface area contributed by atoms with E-state index in [1.54, 1.807) is 13.3 Å². The van der Waals surface area contributed by atoms with Gasteiger partial charge in [0.15, 0.2) is 0 Å². The van der Waals surface area contributed by atoms with Gasteiger partial charge < -0.3 is 15.4 Å². The standard InChI is InChI=1S/C14H18N4O/c1-18(14-16-8-7-12(9-15)17-14)10-11-3-5-13(19-2)6-4-11/h3-8H,9-10,15H2,1-2H3. The summed E-state index contributed by atoms with van der Waals surface area (Å²) in [5, 5.41) is 0. The molecule has 19 heavy (non-hydrogen) atoms. The molecule has 2 rings (SSSR count). The Labute approximate surface area is 113 Å². The highest BCUT2D eigenvalue weighted by Crippen LogP contribution is 2.14. The lowest BCUT2D eigenvalue weighted by Crippen LogP contribution is -2.19. The zero-order valence-corrected chi connectivity index (χ0v) is 11.2. The second-order valence-electron chi connectivity index (χ2n) is 4.26. The maximum Gasteiger partial charge on any atom is 0.225 e. The summed E-state index contributed by atoms with van der Waals surface area (Å²) in [6.45, 7) is 1.16. The van der Waals surface area contributed by atoms with E-state index in [0.29, 0.717) is 12.5 Å². The number of ether oxygens (including phenoxy) is 1. The highest BCUT2D eigenvalue weighted by atomic mass is 16.5. The number of nitrogens with two attached hydrogens (primary N) is 1. The van der Waals surface area contributed by atoms with Crippen molar-refractivity contribution in [2.75, 3.05) is 19.1 Å². The third kappa shape index (κ3) is 3.42. The minimum atomic E-state index is 0.423. The van der Waals surface area contributed by atoms with Crippen molar-refractivity contribution in [3.63, 3.8) is 0 Å². The fraction of sp³-hybridized carbons (Fsp3) is 0.286. The third-order valence-corrected chi connectivity index (χ3v) is 2.83. The van der Waals surface area contributed by atoms with Crippen LogP contribution in [0.5, 0.6) is 5.75 Å². The first-order valence-corrected chi connectivity index (χ1v) is 6.09. The molecule has 1 heterocycles. The largest absolute Gasteiger partial charge is 0.497 e. The lowest BCUT2D eigenvalue weighted by molar-refractivity contribution is 0.414. The molecule has 0 aliphatic rings. The summed E-state index contributed by atoms with van der Waals surface area (Å²) < 4.78 is 5.14. The number of methoxy groups -OCH3 is 1. The third-order valence-electron chi connectivity index (χ3n) is 2.83. The van der Waals surface area contributed by atoms with Crippen molar-refractivity contribution in [1.29, 1.82) is 0 Å². The van der Waals surface area contributed by atoms with Crippen LogP contribution in [0.1, 0.15) is 11.3 Å². The van der Waals surface area contributed by atoms with E-state index in [9.17, 15) is 0 Å². The van der Waals surface area contributed by atoms with Crippen molar-refractivity contribution in [2.45, 2.75) is 13.1 Å². The van der Waals surface area contributed by atoms with Gasteiger partial charge in [0.25, 0.3) is 0 Å². The summed E-state index contributed by atoms with van der Waals surface area (Å²) in [7, 11) is 3.62. The Bertz CT molecular complexity index is 527. The second-order valence-corrected chi connectivity index (χ2v) is 4.26. The normalized spacial score (nSPS) is 10.3. The molecule has 0 amide bonds. The van der Waals surface area contributed by atoms with Gasteiger partial charge in [0.1, 0.15) is 5.75 Å². The first-order chi connectivity index (χ1) is 9.22. The van der Waals surface area contributed by atoms with Gasteiger partial charge in [0, 0.05) is 26.3 Å². The average Bonchev–Trinajstić information content (AvgIpc) is 2.48. The Morgan fingerprint density at radius 2 is 1.95 bits per heavy atom. The van der Waals surface area contributed by atoms with Crippen molar-refractivity contribution >= 4 is 5.95 Å². The zero-order chi connectivity index (χ0) is 13.7. The summed E-state index contributed by atoms with van der Waals surface area (Å²) in [5.41, 5.74) is 7.59. The molecule has 0 atom stereocenters. The zero-order valence-electron chi connectivity index (χ0n) is 11.2. The van der Waals surface area contributed by atoms with Gasteiger partial charge in [0.2, 0.25) is 5.95 Å². The molecule has 0 aliphatic carbocycles. The second kappa shape index (κ2) is 6.15. The summed E-state index contributed by atoms with van der Waals surface area (Å²) in [6, 6.07) is 9.77. The molecule has 0 saturated heterocycles. The molecule has 0 radical (unpaired) electrons. The Hall–Kier alpha value is -2.14. The van der Waals surface area contributed by atoms with Gasteiger partial charge in [-0.1, -0.05) is 12.1 Å². The van der Waals surface area contributed by atoms with Crippen LogP contribution in [0.4, 0.5) is 5.95 Å². The Kier molecular flexibility index (Phi) is 4.30. The van der Waals surface area contributed by atoms with Gasteiger partial charge >= 0.3 is 0 Å². The number of hydrogen-bond donors (Lipinski definition) is 1. The fourth-order valence-corrected chi connectivity index (χ4v) is 1.76. The van der Waals surface area contributed by atoms with Crippen molar-refractivity contribution in [3.05, 3.63) is 47.8 Å². The first-order valence-electron chi connectivity index (χ1n) is 6.09. The van der Waals surface area contributed by atoms with Crippen LogP contribution in [0.2, 0.25) is 0 Å². The minimum Gasteiger partial charge on any atom is -0.497 e. The van der Waals surface area contributed by atoms with E-state index < -0.39 is 0 Å². The molecule has 0 spiro atoms. The highest BCUT2D eigenvalue weighted by molar-refractivity contribution is 5.33. The molecule has 5 heteroatoms. The van der Waals surface area contributed by atoms with Crippen LogP contribution in [0.25, 0.3) is 0 Å². The summed E-state index contributed by atoms with van der Waals surface area (Å²) in [5.74, 6) is 1.53. The number of rotatable bonds is 5. The van der Waals surface area contributed by atoms with Gasteiger partial charge in [-0.15, -0.1) is 0 Å². The van der Waals surface area contributed by atoms with Crippen LogP contribution >= 0.6 is 0 Å². The van der Waals surface area contributed by atoms with Gasteiger partial charge in [-0.25, -0.2) is 9.97 Å². The minimum absolute atomic E-state index is 0.423. The number of benzene rings is 1. The molecule has 0 unspecified atom stereocenters. The van der Waals surface area contributed by atoms with E-state index in [2.05, 4.69) is 9.97 Å². The smallest absolute Gasteiger partial charge is 0.225 e. The Morgan fingerprint density at radius 3 is 2.58 bits per heavy atom. The number of nitrogens with zero attached hydrogens (tertiary/aromatic N) is 3. The number of anilines is 1. The van der Waals surface area contributed by atoms with Crippen molar-refractivity contribution in [1.82, 2.24) is 9.97 Å². The fourth-order valence-electron chi connectivity index (χ4n) is 1.76. The van der Waals surface area contributed by atoms with Gasteiger partial charge in [-0.3, -0.25) is 0 Å². The van der Waals surface area contributed by atoms with E-state index in [-0.39, 0.29) is 0 Å². The van der Waals surface area contributed by atoms with E-state index in [1.807, 2.05) is 42.3 Å². The SMILES string of the molecule is COc1ccc(CN(C)c2nccc(CN)n2)cc1. The highest BCUT2D eigenvalue weighted by Gasteiger charge is 2.06. The van der Waals surface area contributed by atoms with Gasteiger partial charge in [-0.2, -0.15) is 0 Å². The molecular formula is C14H18N4O. The molecule has 0 bridgehead atoms. The molecular weight excluding hydrogens is 240 g/mol. The van der Waals surface area contributed by atoms with Crippen LogP contribution in [0.15, 0.2) is 36.5 Å². The van der Waals surface area contributed by atoms with Gasteiger partial charge in [-0.05, 0) is 23.8 Å². The molecule has 2 aromatic rings. The van der Waals surface area contributed by atoms with E-state index in [1.165, 1.54) is 5.56 Å². The molecule has 5 nitrogen and oxygen atoms in total. The molecule has 0 aliphatic heterocycles. The molecule has 1 aromatic heterocycles.